The zero-order chi connectivity index (χ0) is 17.1. The first-order chi connectivity index (χ1) is 11.5. The number of nitrogens with one attached hydrogen (secondary N) is 1. The van der Waals surface area contributed by atoms with Crippen LogP contribution in [0.3, 0.4) is 0 Å². The highest BCUT2D eigenvalue weighted by molar-refractivity contribution is 5.83. The Bertz CT molecular complexity index is 713. The molecule has 0 radical (unpaired) electrons. The lowest BCUT2D eigenvalue weighted by molar-refractivity contribution is 0.202. The van der Waals surface area contributed by atoms with Crippen LogP contribution in [-0.4, -0.2) is 49.6 Å². The van der Waals surface area contributed by atoms with Crippen LogP contribution in [0.25, 0.3) is 10.8 Å². The summed E-state index contributed by atoms with van der Waals surface area (Å²) in [4.78, 5) is 16.7. The molecule has 1 saturated heterocycles. The number of carbonyl (C=O) groups excluding carboxylic acids is 1. The molecular formula is C20H27N3O. The van der Waals surface area contributed by atoms with Crippen molar-refractivity contribution >= 4 is 16.8 Å². The van der Waals surface area contributed by atoms with Gasteiger partial charge in [0.2, 0.25) is 0 Å². The van der Waals surface area contributed by atoms with E-state index in [4.69, 9.17) is 0 Å². The number of nitrogens with zero attached hydrogens (tertiary/aromatic N) is 2. The molecule has 2 atom stereocenters. The molecule has 2 amide bonds. The topological polar surface area (TPSA) is 35.6 Å². The van der Waals surface area contributed by atoms with Gasteiger partial charge in [0.25, 0.3) is 0 Å². The Morgan fingerprint density at radius 1 is 1.25 bits per heavy atom. The number of hydrogen-bond acceptors (Lipinski definition) is 2. The maximum Gasteiger partial charge on any atom is 0.317 e. The van der Waals surface area contributed by atoms with Gasteiger partial charge < -0.3 is 15.1 Å². The van der Waals surface area contributed by atoms with Crippen LogP contribution in [0.5, 0.6) is 0 Å². The molecule has 0 aliphatic carbocycles. The minimum absolute atomic E-state index is 0.00926. The summed E-state index contributed by atoms with van der Waals surface area (Å²) in [5.41, 5.74) is 1.14. The van der Waals surface area contributed by atoms with Gasteiger partial charge in [0, 0.05) is 19.6 Å². The standard InChI is InChI=1S/C20H27N3O/c1-15(18-9-8-17-6-4-5-7-19(17)12-18)21-20(24)23-11-10-16(14-23)13-22(2)3/h4-9,12,15-16H,10-11,13-14H2,1-3H3,(H,21,24)/t15-,16-/m1/s1. The molecule has 0 spiro atoms. The van der Waals surface area contributed by atoms with E-state index in [-0.39, 0.29) is 12.1 Å². The summed E-state index contributed by atoms with van der Waals surface area (Å²) in [7, 11) is 4.18. The highest BCUT2D eigenvalue weighted by Crippen LogP contribution is 2.22. The second-order valence-electron chi connectivity index (χ2n) is 7.14. The van der Waals surface area contributed by atoms with Gasteiger partial charge in [0.1, 0.15) is 0 Å². The molecule has 128 valence electrons. The summed E-state index contributed by atoms with van der Waals surface area (Å²) in [6, 6.07) is 14.8. The van der Waals surface area contributed by atoms with Gasteiger partial charge in [0.05, 0.1) is 6.04 Å². The number of rotatable bonds is 4. The molecule has 4 nitrogen and oxygen atoms in total. The fourth-order valence-corrected chi connectivity index (χ4v) is 3.52. The Kier molecular flexibility index (Phi) is 5.05. The van der Waals surface area contributed by atoms with Crippen molar-refractivity contribution in [2.75, 3.05) is 33.7 Å². The van der Waals surface area contributed by atoms with Crippen molar-refractivity contribution in [2.24, 2.45) is 5.92 Å². The monoisotopic (exact) mass is 325 g/mol. The largest absolute Gasteiger partial charge is 0.331 e. The highest BCUT2D eigenvalue weighted by atomic mass is 16.2. The predicted molar refractivity (Wildman–Crippen MR) is 99.1 cm³/mol. The molecule has 1 N–H and O–H groups in total. The zero-order valence-electron chi connectivity index (χ0n) is 14.8. The van der Waals surface area contributed by atoms with Crippen molar-refractivity contribution < 1.29 is 4.79 Å². The normalized spacial score (nSPS) is 19.0. The van der Waals surface area contributed by atoms with Crippen LogP contribution in [0.15, 0.2) is 42.5 Å². The summed E-state index contributed by atoms with van der Waals surface area (Å²) in [5.74, 6) is 0.585. The molecule has 4 heteroatoms. The van der Waals surface area contributed by atoms with Gasteiger partial charge in [-0.3, -0.25) is 0 Å². The lowest BCUT2D eigenvalue weighted by Gasteiger charge is -2.22. The van der Waals surface area contributed by atoms with E-state index in [2.05, 4.69) is 61.6 Å². The summed E-state index contributed by atoms with van der Waals surface area (Å²) >= 11 is 0. The van der Waals surface area contributed by atoms with Crippen molar-refractivity contribution in [1.29, 1.82) is 0 Å². The molecule has 1 heterocycles. The molecular weight excluding hydrogens is 298 g/mol. The van der Waals surface area contributed by atoms with Crippen LogP contribution in [0.1, 0.15) is 24.9 Å². The first-order valence-corrected chi connectivity index (χ1v) is 8.72. The van der Waals surface area contributed by atoms with E-state index in [0.29, 0.717) is 5.92 Å². The van der Waals surface area contributed by atoms with Gasteiger partial charge in [-0.05, 0) is 55.8 Å². The molecule has 0 bridgehead atoms. The average molecular weight is 325 g/mol. The maximum absolute atomic E-state index is 12.5. The summed E-state index contributed by atoms with van der Waals surface area (Å²) in [5, 5.41) is 5.59. The fraction of sp³-hybridized carbons (Fsp3) is 0.450. The molecule has 24 heavy (non-hydrogen) atoms. The molecule has 2 aromatic carbocycles. The van der Waals surface area contributed by atoms with E-state index in [0.717, 1.165) is 31.6 Å². The molecule has 1 aliphatic heterocycles. The third kappa shape index (κ3) is 3.88. The number of hydrogen-bond donors (Lipinski definition) is 1. The van der Waals surface area contributed by atoms with Crippen LogP contribution in [0, 0.1) is 5.92 Å². The van der Waals surface area contributed by atoms with Crippen molar-refractivity contribution in [3.05, 3.63) is 48.0 Å². The van der Waals surface area contributed by atoms with E-state index in [1.54, 1.807) is 0 Å². The Labute approximate surface area is 144 Å². The molecule has 0 saturated carbocycles. The molecule has 3 rings (SSSR count). The van der Waals surface area contributed by atoms with Gasteiger partial charge >= 0.3 is 6.03 Å². The van der Waals surface area contributed by atoms with Crippen molar-refractivity contribution in [3.63, 3.8) is 0 Å². The Hall–Kier alpha value is -2.07. The number of urea groups is 1. The smallest absolute Gasteiger partial charge is 0.317 e. The fourth-order valence-electron chi connectivity index (χ4n) is 3.52. The third-order valence-corrected chi connectivity index (χ3v) is 4.81. The van der Waals surface area contributed by atoms with Crippen LogP contribution in [-0.2, 0) is 0 Å². The zero-order valence-corrected chi connectivity index (χ0v) is 14.8. The summed E-state index contributed by atoms with van der Waals surface area (Å²) in [6.45, 7) is 4.81. The quantitative estimate of drug-likeness (QED) is 0.934. The Morgan fingerprint density at radius 2 is 2.00 bits per heavy atom. The van der Waals surface area contributed by atoms with E-state index in [1.165, 1.54) is 10.8 Å². The first kappa shape index (κ1) is 16.8. The van der Waals surface area contributed by atoms with Gasteiger partial charge in [0.15, 0.2) is 0 Å². The van der Waals surface area contributed by atoms with E-state index in [9.17, 15) is 4.79 Å². The number of amides is 2. The van der Waals surface area contributed by atoms with Crippen molar-refractivity contribution in [3.8, 4) is 0 Å². The molecule has 0 aromatic heterocycles. The minimum Gasteiger partial charge on any atom is -0.331 e. The lowest BCUT2D eigenvalue weighted by atomic mass is 10.0. The third-order valence-electron chi connectivity index (χ3n) is 4.81. The van der Waals surface area contributed by atoms with Gasteiger partial charge in [-0.2, -0.15) is 0 Å². The van der Waals surface area contributed by atoms with Gasteiger partial charge in [-0.25, -0.2) is 4.79 Å². The van der Waals surface area contributed by atoms with Crippen molar-refractivity contribution in [1.82, 2.24) is 15.1 Å². The van der Waals surface area contributed by atoms with Crippen LogP contribution in [0.2, 0.25) is 0 Å². The first-order valence-electron chi connectivity index (χ1n) is 8.72. The van der Waals surface area contributed by atoms with E-state index in [1.807, 2.05) is 17.0 Å². The molecule has 1 aliphatic rings. The van der Waals surface area contributed by atoms with Crippen LogP contribution >= 0.6 is 0 Å². The lowest BCUT2D eigenvalue weighted by Crippen LogP contribution is -2.40. The minimum atomic E-state index is 0.00926. The average Bonchev–Trinajstić information content (AvgIpc) is 3.02. The number of fused-ring (bicyclic) bond motifs is 1. The van der Waals surface area contributed by atoms with E-state index >= 15 is 0 Å². The number of likely N-dealkylation sites (tertiary alicyclic amines) is 1. The molecule has 0 unspecified atom stereocenters. The predicted octanol–water partition coefficient (Wildman–Crippen LogP) is 3.49. The SMILES string of the molecule is C[C@@H](NC(=O)N1CC[C@H](CN(C)C)C1)c1ccc2ccccc2c1. The van der Waals surface area contributed by atoms with Gasteiger partial charge in [-0.1, -0.05) is 36.4 Å². The second kappa shape index (κ2) is 7.22. The summed E-state index contributed by atoms with van der Waals surface area (Å²) < 4.78 is 0. The Balaban J connectivity index is 1.61. The Morgan fingerprint density at radius 3 is 2.75 bits per heavy atom. The number of carbonyl (C=O) groups is 1. The molecule has 2 aromatic rings. The van der Waals surface area contributed by atoms with E-state index < -0.39 is 0 Å². The van der Waals surface area contributed by atoms with Gasteiger partial charge in [-0.15, -0.1) is 0 Å². The van der Waals surface area contributed by atoms with Crippen LogP contribution in [0.4, 0.5) is 4.79 Å². The molecule has 1 fully saturated rings. The number of benzene rings is 2. The summed E-state index contributed by atoms with van der Waals surface area (Å²) in [6.07, 6.45) is 1.09. The highest BCUT2D eigenvalue weighted by Gasteiger charge is 2.27. The maximum atomic E-state index is 12.5. The van der Waals surface area contributed by atoms with Crippen LogP contribution < -0.4 is 5.32 Å². The van der Waals surface area contributed by atoms with Crippen molar-refractivity contribution in [2.45, 2.75) is 19.4 Å². The second-order valence-corrected chi connectivity index (χ2v) is 7.14.